The zero-order valence-electron chi connectivity index (χ0n) is 13.9. The monoisotopic (exact) mass is 352 g/mol. The van der Waals surface area contributed by atoms with E-state index in [2.05, 4.69) is 4.98 Å². The Morgan fingerprint density at radius 3 is 2.73 bits per heavy atom. The zero-order valence-corrected chi connectivity index (χ0v) is 13.9. The molecule has 0 aliphatic carbocycles. The Bertz CT molecular complexity index is 1040. The second kappa shape index (κ2) is 7.74. The fourth-order valence-electron chi connectivity index (χ4n) is 2.70. The lowest BCUT2D eigenvalue weighted by Crippen LogP contribution is -2.24. The molecular weight excluding hydrogens is 335 g/mol. The molecule has 0 aliphatic heterocycles. The highest BCUT2D eigenvalue weighted by Crippen LogP contribution is 2.12. The number of fused-ring (bicyclic) bond motifs is 1. The number of hydrogen-bond donors (Lipinski definition) is 1. The molecular formula is C20H17FN2O3. The number of nitrogens with zero attached hydrogens (tertiary/aromatic N) is 2. The molecule has 1 heterocycles. The van der Waals surface area contributed by atoms with Gasteiger partial charge >= 0.3 is 5.97 Å². The maximum Gasteiger partial charge on any atom is 0.303 e. The number of benzene rings is 2. The molecule has 0 unspecified atom stereocenters. The van der Waals surface area contributed by atoms with E-state index < -0.39 is 5.97 Å². The largest absolute Gasteiger partial charge is 0.481 e. The molecule has 0 spiro atoms. The highest BCUT2D eigenvalue weighted by Gasteiger charge is 2.09. The van der Waals surface area contributed by atoms with Crippen LogP contribution in [0, 0.1) is 5.82 Å². The molecule has 0 radical (unpaired) electrons. The molecule has 1 aromatic heterocycles. The van der Waals surface area contributed by atoms with E-state index in [4.69, 9.17) is 5.11 Å². The maximum atomic E-state index is 13.3. The van der Waals surface area contributed by atoms with Crippen molar-refractivity contribution in [3.05, 3.63) is 76.1 Å². The Kier molecular flexibility index (Phi) is 5.22. The van der Waals surface area contributed by atoms with Crippen LogP contribution in [0.3, 0.4) is 0 Å². The fraction of sp³-hybridized carbons (Fsp3) is 0.150. The lowest BCUT2D eigenvalue weighted by molar-refractivity contribution is -0.137. The van der Waals surface area contributed by atoms with Gasteiger partial charge in [-0.2, -0.15) is 0 Å². The van der Waals surface area contributed by atoms with E-state index in [1.807, 2.05) is 0 Å². The smallest absolute Gasteiger partial charge is 0.303 e. The quantitative estimate of drug-likeness (QED) is 0.736. The van der Waals surface area contributed by atoms with E-state index in [9.17, 15) is 14.0 Å². The van der Waals surface area contributed by atoms with Crippen molar-refractivity contribution in [2.75, 3.05) is 0 Å². The Morgan fingerprint density at radius 2 is 1.96 bits per heavy atom. The van der Waals surface area contributed by atoms with Gasteiger partial charge in [0, 0.05) is 13.0 Å². The van der Waals surface area contributed by atoms with Crippen molar-refractivity contribution in [1.82, 2.24) is 9.55 Å². The standard InChI is InChI=1S/C20H17FN2O3/c21-15-6-3-5-14(13-15)10-11-18-22-17-8-2-1-7-16(17)20(26)23(18)12-4-9-19(24)25/h1-3,5-8,10-11,13H,4,9,12H2,(H,24,25). The lowest BCUT2D eigenvalue weighted by atomic mass is 10.2. The third-order valence-electron chi connectivity index (χ3n) is 3.94. The van der Waals surface area contributed by atoms with Crippen LogP contribution in [0.1, 0.15) is 24.2 Å². The van der Waals surface area contributed by atoms with Gasteiger partial charge in [0.25, 0.3) is 5.56 Å². The van der Waals surface area contributed by atoms with Crippen LogP contribution in [-0.2, 0) is 11.3 Å². The first-order valence-corrected chi connectivity index (χ1v) is 8.19. The van der Waals surface area contributed by atoms with Crippen molar-refractivity contribution in [3.63, 3.8) is 0 Å². The van der Waals surface area contributed by atoms with Gasteiger partial charge in [-0.05, 0) is 42.3 Å². The van der Waals surface area contributed by atoms with Crippen molar-refractivity contribution in [2.24, 2.45) is 0 Å². The van der Waals surface area contributed by atoms with E-state index >= 15 is 0 Å². The van der Waals surface area contributed by atoms with Gasteiger partial charge in [-0.3, -0.25) is 14.2 Å². The predicted molar refractivity (Wildman–Crippen MR) is 98.2 cm³/mol. The maximum absolute atomic E-state index is 13.3. The Labute approximate surface area is 149 Å². The number of halogens is 1. The summed E-state index contributed by atoms with van der Waals surface area (Å²) in [5.41, 5.74) is 0.982. The predicted octanol–water partition coefficient (Wildman–Crippen LogP) is 3.57. The van der Waals surface area contributed by atoms with Gasteiger partial charge in [0.05, 0.1) is 10.9 Å². The van der Waals surface area contributed by atoms with Crippen molar-refractivity contribution in [1.29, 1.82) is 0 Å². The van der Waals surface area contributed by atoms with Crippen LogP contribution in [0.5, 0.6) is 0 Å². The summed E-state index contributed by atoms with van der Waals surface area (Å²) >= 11 is 0. The topological polar surface area (TPSA) is 72.2 Å². The van der Waals surface area contributed by atoms with Crippen molar-refractivity contribution in [2.45, 2.75) is 19.4 Å². The summed E-state index contributed by atoms with van der Waals surface area (Å²) in [7, 11) is 0. The molecule has 5 nitrogen and oxygen atoms in total. The highest BCUT2D eigenvalue weighted by molar-refractivity contribution is 5.79. The van der Waals surface area contributed by atoms with Gasteiger partial charge in [-0.15, -0.1) is 0 Å². The summed E-state index contributed by atoms with van der Waals surface area (Å²) in [6.45, 7) is 0.242. The average Bonchev–Trinajstić information content (AvgIpc) is 2.62. The van der Waals surface area contributed by atoms with Crippen molar-refractivity contribution >= 4 is 29.0 Å². The second-order valence-corrected chi connectivity index (χ2v) is 5.83. The fourth-order valence-corrected chi connectivity index (χ4v) is 2.70. The van der Waals surface area contributed by atoms with Crippen molar-refractivity contribution in [3.8, 4) is 0 Å². The van der Waals surface area contributed by atoms with Gasteiger partial charge in [-0.25, -0.2) is 9.37 Å². The third kappa shape index (κ3) is 4.03. The van der Waals surface area contributed by atoms with Crippen LogP contribution >= 0.6 is 0 Å². The number of hydrogen-bond acceptors (Lipinski definition) is 3. The summed E-state index contributed by atoms with van der Waals surface area (Å²) in [4.78, 5) is 28.0. The zero-order chi connectivity index (χ0) is 18.5. The summed E-state index contributed by atoms with van der Waals surface area (Å²) in [5, 5.41) is 9.30. The van der Waals surface area contributed by atoms with E-state index in [0.29, 0.717) is 28.7 Å². The van der Waals surface area contributed by atoms with Crippen LogP contribution in [0.2, 0.25) is 0 Å². The summed E-state index contributed by atoms with van der Waals surface area (Å²) in [6.07, 6.45) is 3.60. The van der Waals surface area contributed by atoms with Gasteiger partial charge in [0.15, 0.2) is 0 Å². The Hall–Kier alpha value is -3.28. The van der Waals surface area contributed by atoms with E-state index in [0.717, 1.165) is 0 Å². The number of para-hydroxylation sites is 1. The first-order chi connectivity index (χ1) is 12.5. The minimum Gasteiger partial charge on any atom is -0.481 e. The highest BCUT2D eigenvalue weighted by atomic mass is 19.1. The molecule has 1 N–H and O–H groups in total. The number of carbonyl (C=O) groups is 1. The second-order valence-electron chi connectivity index (χ2n) is 5.83. The molecule has 2 aromatic carbocycles. The van der Waals surface area contributed by atoms with E-state index in [1.54, 1.807) is 48.6 Å². The number of aliphatic carboxylic acids is 1. The SMILES string of the molecule is O=C(O)CCCn1c(C=Cc2cccc(F)c2)nc2ccccc2c1=O. The number of aromatic nitrogens is 2. The molecule has 0 aliphatic rings. The van der Waals surface area contributed by atoms with Crippen LogP contribution < -0.4 is 5.56 Å². The summed E-state index contributed by atoms with van der Waals surface area (Å²) < 4.78 is 14.8. The number of carboxylic acid groups (broad SMARTS) is 1. The number of rotatable bonds is 6. The lowest BCUT2D eigenvalue weighted by Gasteiger charge is -2.10. The first kappa shape index (κ1) is 17.5. The average molecular weight is 352 g/mol. The molecule has 26 heavy (non-hydrogen) atoms. The van der Waals surface area contributed by atoms with E-state index in [-0.39, 0.29) is 24.3 Å². The van der Waals surface area contributed by atoms with Crippen LogP contribution in [0.4, 0.5) is 4.39 Å². The number of carboxylic acids is 1. The third-order valence-corrected chi connectivity index (χ3v) is 3.94. The Morgan fingerprint density at radius 1 is 1.15 bits per heavy atom. The van der Waals surface area contributed by atoms with Crippen molar-refractivity contribution < 1.29 is 14.3 Å². The van der Waals surface area contributed by atoms with E-state index in [1.165, 1.54) is 16.7 Å². The minimum atomic E-state index is -0.913. The van der Waals surface area contributed by atoms with Gasteiger partial charge in [-0.1, -0.05) is 30.3 Å². The van der Waals surface area contributed by atoms with Gasteiger partial charge < -0.3 is 5.11 Å². The van der Waals surface area contributed by atoms with Gasteiger partial charge in [0.2, 0.25) is 0 Å². The molecule has 132 valence electrons. The van der Waals surface area contributed by atoms with Crippen LogP contribution in [0.15, 0.2) is 53.3 Å². The minimum absolute atomic E-state index is 0.0354. The molecule has 6 heteroatoms. The first-order valence-electron chi connectivity index (χ1n) is 8.19. The van der Waals surface area contributed by atoms with Gasteiger partial charge in [0.1, 0.15) is 11.6 Å². The molecule has 0 saturated carbocycles. The van der Waals surface area contributed by atoms with Crippen LogP contribution in [0.25, 0.3) is 23.1 Å². The molecule has 0 fully saturated rings. The molecule has 3 aromatic rings. The summed E-state index contributed by atoms with van der Waals surface area (Å²) in [5.74, 6) is -0.857. The molecule has 3 rings (SSSR count). The Balaban J connectivity index is 2.03. The molecule has 0 atom stereocenters. The molecule has 0 amide bonds. The molecule has 0 bridgehead atoms. The molecule has 0 saturated heterocycles. The van der Waals surface area contributed by atoms with Crippen LogP contribution in [-0.4, -0.2) is 20.6 Å². The summed E-state index contributed by atoms with van der Waals surface area (Å²) in [6, 6.07) is 13.1. The normalized spacial score (nSPS) is 11.3.